The number of amides is 2. The van der Waals surface area contributed by atoms with Crippen LogP contribution in [-0.2, 0) is 4.79 Å². The summed E-state index contributed by atoms with van der Waals surface area (Å²) >= 11 is 2.57. The number of hydrogen-bond acceptors (Lipinski definition) is 6. The van der Waals surface area contributed by atoms with Gasteiger partial charge in [-0.1, -0.05) is 32.1 Å². The van der Waals surface area contributed by atoms with Crippen molar-refractivity contribution in [3.8, 4) is 0 Å². The molecule has 0 aliphatic heterocycles. The van der Waals surface area contributed by atoms with Crippen LogP contribution in [0, 0.1) is 19.3 Å². The highest BCUT2D eigenvalue weighted by molar-refractivity contribution is 7.18. The molecule has 2 heterocycles. The fourth-order valence-electron chi connectivity index (χ4n) is 1.57. The van der Waals surface area contributed by atoms with E-state index in [1.54, 1.807) is 6.07 Å². The molecule has 2 amide bonds. The molecule has 2 rings (SSSR count). The van der Waals surface area contributed by atoms with Gasteiger partial charge in [-0.15, -0.1) is 21.5 Å². The zero-order valence-electron chi connectivity index (χ0n) is 13.1. The van der Waals surface area contributed by atoms with E-state index in [-0.39, 0.29) is 11.8 Å². The average molecular weight is 338 g/mol. The highest BCUT2D eigenvalue weighted by atomic mass is 32.1. The largest absolute Gasteiger partial charge is 0.317 e. The third-order valence-electron chi connectivity index (χ3n) is 2.79. The van der Waals surface area contributed by atoms with Crippen LogP contribution in [0.2, 0.25) is 0 Å². The molecule has 8 heteroatoms. The van der Waals surface area contributed by atoms with E-state index in [1.165, 1.54) is 22.7 Å². The predicted molar refractivity (Wildman–Crippen MR) is 89.7 cm³/mol. The lowest BCUT2D eigenvalue weighted by Gasteiger charge is -2.16. The van der Waals surface area contributed by atoms with E-state index >= 15 is 0 Å². The maximum absolute atomic E-state index is 12.3. The Hall–Kier alpha value is -1.80. The first-order valence-electron chi connectivity index (χ1n) is 6.70. The van der Waals surface area contributed by atoms with Gasteiger partial charge < -0.3 is 5.32 Å². The second-order valence-electron chi connectivity index (χ2n) is 5.91. The minimum atomic E-state index is -0.482. The highest BCUT2D eigenvalue weighted by Crippen LogP contribution is 2.29. The molecule has 22 heavy (non-hydrogen) atoms. The number of carbonyl (C=O) groups excluding carboxylic acids is 2. The fourth-order valence-corrected chi connectivity index (χ4v) is 3.12. The second kappa shape index (κ2) is 6.13. The van der Waals surface area contributed by atoms with E-state index in [9.17, 15) is 9.59 Å². The molecule has 2 aromatic rings. The van der Waals surface area contributed by atoms with Gasteiger partial charge in [-0.25, -0.2) is 0 Å². The van der Waals surface area contributed by atoms with Crippen molar-refractivity contribution in [2.24, 2.45) is 5.41 Å². The maximum Gasteiger partial charge on any atom is 0.267 e. The molecule has 6 nitrogen and oxygen atoms in total. The molecule has 2 N–H and O–H groups in total. The lowest BCUT2D eigenvalue weighted by atomic mass is 9.96. The van der Waals surface area contributed by atoms with Crippen molar-refractivity contribution in [1.82, 2.24) is 10.2 Å². The van der Waals surface area contributed by atoms with Crippen LogP contribution in [0.5, 0.6) is 0 Å². The van der Waals surface area contributed by atoms with Gasteiger partial charge in [0.05, 0.1) is 9.88 Å². The first kappa shape index (κ1) is 16.6. The number of rotatable bonds is 3. The molecule has 0 fully saturated rings. The topological polar surface area (TPSA) is 84.0 Å². The number of nitrogens with one attached hydrogen (secondary N) is 2. The van der Waals surface area contributed by atoms with Crippen molar-refractivity contribution in [2.75, 3.05) is 10.6 Å². The third-order valence-corrected chi connectivity index (χ3v) is 4.69. The Morgan fingerprint density at radius 2 is 1.77 bits per heavy atom. The van der Waals surface area contributed by atoms with Gasteiger partial charge in [-0.2, -0.15) is 0 Å². The van der Waals surface area contributed by atoms with Crippen molar-refractivity contribution in [3.63, 3.8) is 0 Å². The summed E-state index contributed by atoms with van der Waals surface area (Å²) in [6, 6.07) is 1.80. The van der Waals surface area contributed by atoms with E-state index in [0.29, 0.717) is 15.0 Å². The predicted octanol–water partition coefficient (Wildman–Crippen LogP) is 3.45. The zero-order chi connectivity index (χ0) is 16.5. The van der Waals surface area contributed by atoms with Crippen molar-refractivity contribution in [3.05, 3.63) is 21.5 Å². The molecule has 0 saturated heterocycles. The number of thiophene rings is 1. The smallest absolute Gasteiger partial charge is 0.267 e. The molecule has 2 aromatic heterocycles. The molecule has 0 aliphatic carbocycles. The quantitative estimate of drug-likeness (QED) is 0.898. The fraction of sp³-hybridized carbons (Fsp3) is 0.429. The van der Waals surface area contributed by atoms with Gasteiger partial charge in [0.2, 0.25) is 11.0 Å². The standard InChI is InChI=1S/C14H18N4O2S2/c1-7-6-9(15-12(20)14(3,4)5)22-10(7)11(19)16-13-18-17-8(2)21-13/h6H,1-5H3,(H,15,20)(H,16,18,19). The third kappa shape index (κ3) is 3.89. The number of aromatic nitrogens is 2. The number of nitrogens with zero attached hydrogens (tertiary/aromatic N) is 2. The van der Waals surface area contributed by atoms with E-state index in [4.69, 9.17) is 0 Å². The van der Waals surface area contributed by atoms with Gasteiger partial charge in [0, 0.05) is 5.41 Å². The average Bonchev–Trinajstić information content (AvgIpc) is 2.94. The summed E-state index contributed by atoms with van der Waals surface area (Å²) in [5, 5.41) is 15.2. The summed E-state index contributed by atoms with van der Waals surface area (Å²) in [6.07, 6.45) is 0. The van der Waals surface area contributed by atoms with Crippen LogP contribution in [-0.4, -0.2) is 22.0 Å². The SMILES string of the molecule is Cc1nnc(NC(=O)c2sc(NC(=O)C(C)(C)C)cc2C)s1. The van der Waals surface area contributed by atoms with E-state index in [1.807, 2.05) is 34.6 Å². The molecule has 0 atom stereocenters. The highest BCUT2D eigenvalue weighted by Gasteiger charge is 2.23. The molecule has 118 valence electrons. The minimum absolute atomic E-state index is 0.0829. The zero-order valence-corrected chi connectivity index (χ0v) is 14.7. The Morgan fingerprint density at radius 3 is 2.32 bits per heavy atom. The van der Waals surface area contributed by atoms with Crippen LogP contribution in [0.1, 0.15) is 41.0 Å². The maximum atomic E-state index is 12.3. The normalized spacial score (nSPS) is 11.3. The van der Waals surface area contributed by atoms with Gasteiger partial charge in [0.15, 0.2) is 0 Å². The van der Waals surface area contributed by atoms with Gasteiger partial charge in [0.25, 0.3) is 5.91 Å². The van der Waals surface area contributed by atoms with Crippen LogP contribution in [0.25, 0.3) is 0 Å². The summed E-state index contributed by atoms with van der Waals surface area (Å²) in [5.74, 6) is -0.324. The summed E-state index contributed by atoms with van der Waals surface area (Å²) in [6.45, 7) is 9.18. The second-order valence-corrected chi connectivity index (χ2v) is 8.14. The molecule has 0 bridgehead atoms. The van der Waals surface area contributed by atoms with Gasteiger partial charge in [-0.3, -0.25) is 14.9 Å². The summed E-state index contributed by atoms with van der Waals surface area (Å²) in [4.78, 5) is 24.8. The van der Waals surface area contributed by atoms with Crippen LogP contribution >= 0.6 is 22.7 Å². The Labute approximate surface area is 137 Å². The summed E-state index contributed by atoms with van der Waals surface area (Å²) in [5.41, 5.74) is 0.331. The van der Waals surface area contributed by atoms with Crippen molar-refractivity contribution >= 4 is 44.6 Å². The van der Waals surface area contributed by atoms with E-state index in [0.717, 1.165) is 10.6 Å². The molecule has 0 aromatic carbocycles. The Balaban J connectivity index is 2.12. The van der Waals surface area contributed by atoms with Gasteiger partial charge >= 0.3 is 0 Å². The number of anilines is 2. The Bertz CT molecular complexity index is 713. The molecule has 0 aliphatic rings. The molecule has 0 spiro atoms. The minimum Gasteiger partial charge on any atom is -0.317 e. The Morgan fingerprint density at radius 1 is 1.09 bits per heavy atom. The first-order valence-corrected chi connectivity index (χ1v) is 8.33. The van der Waals surface area contributed by atoms with Crippen LogP contribution in [0.4, 0.5) is 10.1 Å². The number of hydrogen-bond donors (Lipinski definition) is 2. The van der Waals surface area contributed by atoms with Gasteiger partial charge in [0.1, 0.15) is 5.01 Å². The van der Waals surface area contributed by atoms with Crippen LogP contribution in [0.3, 0.4) is 0 Å². The van der Waals surface area contributed by atoms with Crippen molar-refractivity contribution in [1.29, 1.82) is 0 Å². The van der Waals surface area contributed by atoms with Crippen LogP contribution < -0.4 is 10.6 Å². The van der Waals surface area contributed by atoms with E-state index < -0.39 is 5.41 Å². The number of carbonyl (C=O) groups is 2. The number of aryl methyl sites for hydroxylation is 2. The molecule has 0 radical (unpaired) electrons. The monoisotopic (exact) mass is 338 g/mol. The summed E-state index contributed by atoms with van der Waals surface area (Å²) in [7, 11) is 0. The molecule has 0 saturated carbocycles. The molecular formula is C14H18N4O2S2. The summed E-state index contributed by atoms with van der Waals surface area (Å²) < 4.78 is 0. The lowest BCUT2D eigenvalue weighted by Crippen LogP contribution is -2.27. The van der Waals surface area contributed by atoms with Crippen molar-refractivity contribution < 1.29 is 9.59 Å². The van der Waals surface area contributed by atoms with Crippen molar-refractivity contribution in [2.45, 2.75) is 34.6 Å². The van der Waals surface area contributed by atoms with E-state index in [2.05, 4.69) is 20.8 Å². The Kier molecular flexibility index (Phi) is 4.62. The lowest BCUT2D eigenvalue weighted by molar-refractivity contribution is -0.123. The molecule has 0 unspecified atom stereocenters. The molecular weight excluding hydrogens is 320 g/mol. The van der Waals surface area contributed by atoms with Gasteiger partial charge in [-0.05, 0) is 25.5 Å². The van der Waals surface area contributed by atoms with Crippen LogP contribution in [0.15, 0.2) is 6.07 Å². The first-order chi connectivity index (χ1) is 10.2.